The van der Waals surface area contributed by atoms with Crippen LogP contribution in [0.25, 0.3) is 0 Å². The lowest BCUT2D eigenvalue weighted by Gasteiger charge is -2.17. The summed E-state index contributed by atoms with van der Waals surface area (Å²) in [6.07, 6.45) is 25.2. The third-order valence-corrected chi connectivity index (χ3v) is 6.58. The van der Waals surface area contributed by atoms with Gasteiger partial charge in [0.2, 0.25) is 0 Å². The molecule has 0 unspecified atom stereocenters. The van der Waals surface area contributed by atoms with Gasteiger partial charge in [-0.1, -0.05) is 130 Å². The average molecular weight is 498 g/mol. The molecule has 0 bridgehead atoms. The summed E-state index contributed by atoms with van der Waals surface area (Å²) in [5.41, 5.74) is 0. The third-order valence-electron chi connectivity index (χ3n) is 6.58. The van der Waals surface area contributed by atoms with Crippen molar-refractivity contribution in [3.05, 3.63) is 0 Å². The van der Waals surface area contributed by atoms with Crippen LogP contribution in [0.3, 0.4) is 0 Å². The highest BCUT2D eigenvalue weighted by Crippen LogP contribution is 2.13. The van der Waals surface area contributed by atoms with Gasteiger partial charge in [-0.3, -0.25) is 9.59 Å². The number of rotatable bonds is 27. The largest absolute Gasteiger partial charge is 0.466 e. The first-order chi connectivity index (χ1) is 17.2. The van der Waals surface area contributed by atoms with Crippen molar-refractivity contribution in [2.75, 3.05) is 19.8 Å². The van der Waals surface area contributed by atoms with E-state index in [1.807, 2.05) is 0 Å². The van der Waals surface area contributed by atoms with E-state index in [1.165, 1.54) is 89.9 Å². The molecule has 0 amide bonds. The van der Waals surface area contributed by atoms with Crippen molar-refractivity contribution in [3.8, 4) is 0 Å². The Morgan fingerprint density at radius 3 is 1.40 bits per heavy atom. The van der Waals surface area contributed by atoms with Crippen LogP contribution in [-0.2, 0) is 19.1 Å². The molecule has 0 fully saturated rings. The minimum Gasteiger partial charge on any atom is -0.466 e. The van der Waals surface area contributed by atoms with Crippen LogP contribution in [0.5, 0.6) is 0 Å². The van der Waals surface area contributed by atoms with Crippen molar-refractivity contribution in [1.82, 2.24) is 5.32 Å². The lowest BCUT2D eigenvalue weighted by molar-refractivity contribution is -0.153. The standard InChI is InChI=1S/C30H59NO4/c1-4-7-10-11-12-13-14-15-16-17-18-19-20-21-22-23-24-31-28(30(33)35-26-9-6-3)27-29(32)34-25-8-5-2/h28,31H,4-27H2,1-3H3/t28-/m0/s1. The maximum atomic E-state index is 12.4. The first-order valence-corrected chi connectivity index (χ1v) is 15.2. The predicted octanol–water partition coefficient (Wildman–Crippen LogP) is 8.28. The SMILES string of the molecule is CCCCCCCCCCCCCCCCCCN[C@@H](CC(=O)OCCCC)C(=O)OCCCC. The van der Waals surface area contributed by atoms with Gasteiger partial charge in [0.05, 0.1) is 19.6 Å². The summed E-state index contributed by atoms with van der Waals surface area (Å²) in [5.74, 6) is -0.655. The van der Waals surface area contributed by atoms with E-state index in [4.69, 9.17) is 9.47 Å². The molecule has 1 atom stereocenters. The van der Waals surface area contributed by atoms with Gasteiger partial charge in [-0.2, -0.15) is 0 Å². The van der Waals surface area contributed by atoms with E-state index in [-0.39, 0.29) is 18.4 Å². The molecule has 1 N–H and O–H groups in total. The Balaban J connectivity index is 3.76. The predicted molar refractivity (Wildman–Crippen MR) is 148 cm³/mol. The number of ether oxygens (including phenoxy) is 2. The Kier molecular flexibility index (Phi) is 26.6. The normalized spacial score (nSPS) is 12.0. The highest BCUT2D eigenvalue weighted by Gasteiger charge is 2.23. The van der Waals surface area contributed by atoms with Gasteiger partial charge in [0.25, 0.3) is 0 Å². The van der Waals surface area contributed by atoms with Crippen LogP contribution >= 0.6 is 0 Å². The van der Waals surface area contributed by atoms with E-state index >= 15 is 0 Å². The monoisotopic (exact) mass is 497 g/mol. The summed E-state index contributed by atoms with van der Waals surface area (Å²) in [7, 11) is 0. The van der Waals surface area contributed by atoms with Gasteiger partial charge in [-0.25, -0.2) is 0 Å². The molecule has 0 saturated carbocycles. The molecular formula is C30H59NO4. The molecule has 0 aliphatic heterocycles. The fourth-order valence-corrected chi connectivity index (χ4v) is 4.16. The van der Waals surface area contributed by atoms with E-state index in [2.05, 4.69) is 26.1 Å². The molecule has 0 spiro atoms. The van der Waals surface area contributed by atoms with Crippen molar-refractivity contribution in [2.45, 2.75) is 162 Å². The molecule has 0 radical (unpaired) electrons. The summed E-state index contributed by atoms with van der Waals surface area (Å²) in [6.45, 7) is 7.96. The van der Waals surface area contributed by atoms with Crippen LogP contribution in [-0.4, -0.2) is 37.7 Å². The molecule has 5 heteroatoms. The second-order valence-corrected chi connectivity index (χ2v) is 10.1. The zero-order valence-corrected chi connectivity index (χ0v) is 23.7. The van der Waals surface area contributed by atoms with E-state index in [0.29, 0.717) is 13.2 Å². The smallest absolute Gasteiger partial charge is 0.323 e. The number of nitrogens with one attached hydrogen (secondary N) is 1. The zero-order valence-electron chi connectivity index (χ0n) is 23.7. The second-order valence-electron chi connectivity index (χ2n) is 10.1. The summed E-state index contributed by atoms with van der Waals surface area (Å²) < 4.78 is 10.6. The van der Waals surface area contributed by atoms with Gasteiger partial charge in [0, 0.05) is 0 Å². The molecule has 0 aliphatic rings. The van der Waals surface area contributed by atoms with Crippen LogP contribution in [0.4, 0.5) is 0 Å². The van der Waals surface area contributed by atoms with Gasteiger partial charge in [-0.15, -0.1) is 0 Å². The average Bonchev–Trinajstić information content (AvgIpc) is 2.85. The van der Waals surface area contributed by atoms with Gasteiger partial charge in [-0.05, 0) is 25.8 Å². The van der Waals surface area contributed by atoms with Gasteiger partial charge >= 0.3 is 11.9 Å². The van der Waals surface area contributed by atoms with Crippen LogP contribution in [0.15, 0.2) is 0 Å². The number of hydrogen-bond donors (Lipinski definition) is 1. The van der Waals surface area contributed by atoms with Crippen LogP contribution in [0, 0.1) is 0 Å². The number of carbonyl (C=O) groups is 2. The molecule has 0 saturated heterocycles. The Hall–Kier alpha value is -1.10. The quantitative estimate of drug-likeness (QED) is 0.0913. The molecule has 0 aliphatic carbocycles. The highest BCUT2D eigenvalue weighted by molar-refractivity contribution is 5.82. The minimum atomic E-state index is -0.600. The second kappa shape index (κ2) is 27.5. The lowest BCUT2D eigenvalue weighted by atomic mass is 10.0. The number of unbranched alkanes of at least 4 members (excludes halogenated alkanes) is 17. The fourth-order valence-electron chi connectivity index (χ4n) is 4.16. The summed E-state index contributed by atoms with van der Waals surface area (Å²) in [5, 5.41) is 3.24. The van der Waals surface area contributed by atoms with Crippen molar-refractivity contribution in [1.29, 1.82) is 0 Å². The van der Waals surface area contributed by atoms with E-state index in [1.54, 1.807) is 0 Å². The molecule has 0 rings (SSSR count). The van der Waals surface area contributed by atoms with Crippen molar-refractivity contribution in [3.63, 3.8) is 0 Å². The Bertz CT molecular complexity index is 469. The minimum absolute atomic E-state index is 0.0491. The van der Waals surface area contributed by atoms with Crippen LogP contribution in [0.1, 0.15) is 156 Å². The lowest BCUT2D eigenvalue weighted by Crippen LogP contribution is -2.40. The van der Waals surface area contributed by atoms with Gasteiger partial charge in [0.1, 0.15) is 6.04 Å². The highest BCUT2D eigenvalue weighted by atomic mass is 16.5. The Labute approximate surface area is 217 Å². The number of esters is 2. The van der Waals surface area contributed by atoms with Gasteiger partial charge < -0.3 is 14.8 Å². The van der Waals surface area contributed by atoms with E-state index < -0.39 is 6.04 Å². The molecule has 35 heavy (non-hydrogen) atoms. The molecular weight excluding hydrogens is 438 g/mol. The summed E-state index contributed by atoms with van der Waals surface area (Å²) >= 11 is 0. The van der Waals surface area contributed by atoms with Crippen LogP contribution in [0.2, 0.25) is 0 Å². The van der Waals surface area contributed by atoms with Gasteiger partial charge in [0.15, 0.2) is 0 Å². The van der Waals surface area contributed by atoms with Crippen molar-refractivity contribution in [2.24, 2.45) is 0 Å². The molecule has 0 heterocycles. The maximum absolute atomic E-state index is 12.4. The maximum Gasteiger partial charge on any atom is 0.323 e. The number of carbonyl (C=O) groups excluding carboxylic acids is 2. The van der Waals surface area contributed by atoms with Crippen LogP contribution < -0.4 is 5.32 Å². The number of hydrogen-bond acceptors (Lipinski definition) is 5. The zero-order chi connectivity index (χ0) is 25.8. The van der Waals surface area contributed by atoms with E-state index in [9.17, 15) is 9.59 Å². The Morgan fingerprint density at radius 2 is 0.943 bits per heavy atom. The van der Waals surface area contributed by atoms with Crippen molar-refractivity contribution < 1.29 is 19.1 Å². The molecule has 5 nitrogen and oxygen atoms in total. The fraction of sp³-hybridized carbons (Fsp3) is 0.933. The summed E-state index contributed by atoms with van der Waals surface area (Å²) in [6, 6.07) is -0.600. The molecule has 0 aromatic heterocycles. The first kappa shape index (κ1) is 33.9. The molecule has 0 aromatic rings. The molecule has 208 valence electrons. The van der Waals surface area contributed by atoms with Crippen molar-refractivity contribution >= 4 is 11.9 Å². The topological polar surface area (TPSA) is 64.6 Å². The summed E-state index contributed by atoms with van der Waals surface area (Å²) in [4.78, 5) is 24.5. The van der Waals surface area contributed by atoms with E-state index in [0.717, 1.165) is 45.1 Å². The molecule has 0 aromatic carbocycles. The third kappa shape index (κ3) is 24.4. The Morgan fingerprint density at radius 1 is 0.543 bits per heavy atom. The first-order valence-electron chi connectivity index (χ1n) is 15.2.